The van der Waals surface area contributed by atoms with Crippen molar-refractivity contribution in [1.82, 2.24) is 9.13 Å². The first-order valence-corrected chi connectivity index (χ1v) is 27.2. The van der Waals surface area contributed by atoms with Gasteiger partial charge in [-0.3, -0.25) is 0 Å². The van der Waals surface area contributed by atoms with Gasteiger partial charge in [0.2, 0.25) is 0 Å². The van der Waals surface area contributed by atoms with E-state index in [0.717, 1.165) is 44.4 Å². The van der Waals surface area contributed by atoms with E-state index in [1.807, 2.05) is 0 Å². The lowest BCUT2D eigenvalue weighted by atomic mass is 9.85. The quantitative estimate of drug-likeness (QED) is 0.152. The van der Waals surface area contributed by atoms with Crippen molar-refractivity contribution in [2.75, 3.05) is 0 Å². The van der Waals surface area contributed by atoms with Crippen LogP contribution in [0, 0.1) is 0 Å². The Morgan fingerprint density at radius 3 is 1.00 bits per heavy atom. The zero-order valence-corrected chi connectivity index (χ0v) is 42.9. The first-order valence-electron chi connectivity index (χ1n) is 27.2. The summed E-state index contributed by atoms with van der Waals surface area (Å²) < 4.78 is 11.9. The molecule has 17 rings (SSSR count). The van der Waals surface area contributed by atoms with Crippen molar-refractivity contribution in [2.24, 2.45) is 0 Å². The highest BCUT2D eigenvalue weighted by molar-refractivity contribution is 6.26. The average Bonchev–Trinajstić information content (AvgIpc) is 4.37. The molecule has 0 aliphatic rings. The van der Waals surface area contributed by atoms with Crippen molar-refractivity contribution in [3.05, 3.63) is 279 Å². The van der Waals surface area contributed by atoms with E-state index < -0.39 is 0 Å². The highest BCUT2D eigenvalue weighted by Crippen LogP contribution is 2.50. The fraction of sp³-hybridized carbons (Fsp3) is 0. The molecular formula is C76H46N2O. The van der Waals surface area contributed by atoms with Crippen molar-refractivity contribution < 1.29 is 4.42 Å². The Kier molecular flexibility index (Phi) is 9.42. The Bertz CT molecular complexity index is 5250. The standard InChI is InChI=1S/C76H46N2O/c1-3-20-50(21-4-1)77-67-36-17-15-24-52(67)54-41-38-48(45-69(54)77)73-58-28-9-7-26-56(58)72(57-27-8-10-29-59(57)73)47-40-43-71-66(44-47)64-34-19-35-65(76(64)79-71)75-62-32-13-11-30-60(62)74(61-31-12-14-33-63(61)75)49-39-42-55-53-25-16-18-37-68(53)78(70(55)46-49)51-22-5-2-6-23-51/h1-46H. The van der Waals surface area contributed by atoms with E-state index in [-0.39, 0.29) is 0 Å². The van der Waals surface area contributed by atoms with Gasteiger partial charge in [0.15, 0.2) is 0 Å². The summed E-state index contributed by atoms with van der Waals surface area (Å²) in [5.41, 5.74) is 18.3. The van der Waals surface area contributed by atoms with Crippen molar-refractivity contribution in [3.63, 3.8) is 0 Å². The monoisotopic (exact) mass is 1000 g/mol. The molecule has 0 atom stereocenters. The topological polar surface area (TPSA) is 23.0 Å². The van der Waals surface area contributed by atoms with Crippen LogP contribution in [-0.2, 0) is 0 Å². The lowest BCUT2D eigenvalue weighted by Gasteiger charge is -2.18. The molecule has 0 fully saturated rings. The van der Waals surface area contributed by atoms with Crippen LogP contribution in [-0.4, -0.2) is 9.13 Å². The Morgan fingerprint density at radius 2 is 0.557 bits per heavy atom. The van der Waals surface area contributed by atoms with Gasteiger partial charge < -0.3 is 13.6 Å². The number of aromatic nitrogens is 2. The molecule has 0 aliphatic heterocycles. The predicted molar refractivity (Wildman–Crippen MR) is 334 cm³/mol. The maximum Gasteiger partial charge on any atom is 0.143 e. The first-order chi connectivity index (χ1) is 39.2. The zero-order chi connectivity index (χ0) is 51.7. The second kappa shape index (κ2) is 17.0. The van der Waals surface area contributed by atoms with Gasteiger partial charge in [-0.05, 0) is 137 Å². The summed E-state index contributed by atoms with van der Waals surface area (Å²) in [5, 5.41) is 16.8. The molecule has 0 unspecified atom stereocenters. The van der Waals surface area contributed by atoms with Gasteiger partial charge in [0, 0.05) is 54.8 Å². The molecular weight excluding hydrogens is 957 g/mol. The van der Waals surface area contributed by atoms with E-state index in [4.69, 9.17) is 4.42 Å². The molecule has 3 heteroatoms. The number of nitrogens with zero attached hydrogens (tertiary/aromatic N) is 2. The lowest BCUT2D eigenvalue weighted by Crippen LogP contribution is -1.94. The lowest BCUT2D eigenvalue weighted by molar-refractivity contribution is 0.670. The summed E-state index contributed by atoms with van der Waals surface area (Å²) in [5.74, 6) is 0. The van der Waals surface area contributed by atoms with E-state index in [1.165, 1.54) is 120 Å². The minimum Gasteiger partial charge on any atom is -0.455 e. The molecule has 3 heterocycles. The van der Waals surface area contributed by atoms with Crippen molar-refractivity contribution in [1.29, 1.82) is 0 Å². The third kappa shape index (κ3) is 6.42. The van der Waals surface area contributed by atoms with Gasteiger partial charge in [0.05, 0.1) is 22.1 Å². The molecule has 0 bridgehead atoms. The largest absolute Gasteiger partial charge is 0.455 e. The maximum absolute atomic E-state index is 7.12. The van der Waals surface area contributed by atoms with Gasteiger partial charge in [-0.25, -0.2) is 0 Å². The SMILES string of the molecule is c1ccc(-n2c3ccccc3c3ccc(-c4c5ccccc5c(-c5ccc6oc7c(-c8c9ccccc9c(-c9ccc%10c%11ccccc%11n(-c%11ccccc%11)c%10c9)c9ccccc89)cccc7c6c5)c5ccccc45)cc32)cc1. The summed E-state index contributed by atoms with van der Waals surface area (Å²) in [7, 11) is 0. The van der Waals surface area contributed by atoms with Crippen molar-refractivity contribution in [2.45, 2.75) is 0 Å². The molecule has 0 radical (unpaired) electrons. The number of para-hydroxylation sites is 5. The zero-order valence-electron chi connectivity index (χ0n) is 42.9. The van der Waals surface area contributed by atoms with Crippen LogP contribution in [0.3, 0.4) is 0 Å². The molecule has 17 aromatic rings. The Balaban J connectivity index is 0.848. The minimum atomic E-state index is 0.867. The van der Waals surface area contributed by atoms with Crippen LogP contribution in [0.2, 0.25) is 0 Å². The van der Waals surface area contributed by atoms with Gasteiger partial charge in [-0.15, -0.1) is 0 Å². The normalized spacial score (nSPS) is 12.1. The molecule has 0 saturated heterocycles. The molecule has 14 aromatic carbocycles. The number of furan rings is 1. The molecule has 366 valence electrons. The smallest absolute Gasteiger partial charge is 0.143 e. The summed E-state index contributed by atoms with van der Waals surface area (Å²) >= 11 is 0. The highest BCUT2D eigenvalue weighted by atomic mass is 16.3. The van der Waals surface area contributed by atoms with E-state index in [2.05, 4.69) is 288 Å². The molecule has 3 aromatic heterocycles. The Labute approximate surface area is 454 Å². The molecule has 79 heavy (non-hydrogen) atoms. The van der Waals surface area contributed by atoms with E-state index >= 15 is 0 Å². The molecule has 0 N–H and O–H groups in total. The number of hydrogen-bond donors (Lipinski definition) is 0. The van der Waals surface area contributed by atoms with Crippen LogP contribution in [0.1, 0.15) is 0 Å². The van der Waals surface area contributed by atoms with Crippen LogP contribution >= 0.6 is 0 Å². The molecule has 0 aliphatic carbocycles. The van der Waals surface area contributed by atoms with Gasteiger partial charge in [-0.1, -0.05) is 218 Å². The summed E-state index contributed by atoms with van der Waals surface area (Å²) in [4.78, 5) is 0. The number of rotatable bonds is 6. The van der Waals surface area contributed by atoms with Crippen LogP contribution in [0.4, 0.5) is 0 Å². The fourth-order valence-corrected chi connectivity index (χ4v) is 13.6. The molecule has 0 amide bonds. The predicted octanol–water partition coefficient (Wildman–Crippen LogP) is 21.1. The molecule has 0 saturated carbocycles. The van der Waals surface area contributed by atoms with E-state index in [9.17, 15) is 0 Å². The molecule has 3 nitrogen and oxygen atoms in total. The van der Waals surface area contributed by atoms with Crippen LogP contribution in [0.25, 0.3) is 165 Å². The first kappa shape index (κ1) is 43.7. The van der Waals surface area contributed by atoms with Gasteiger partial charge in [-0.2, -0.15) is 0 Å². The third-order valence-corrected chi connectivity index (χ3v) is 16.9. The van der Waals surface area contributed by atoms with Gasteiger partial charge in [0.25, 0.3) is 0 Å². The highest BCUT2D eigenvalue weighted by Gasteiger charge is 2.24. The van der Waals surface area contributed by atoms with Crippen molar-refractivity contribution >= 4 is 109 Å². The van der Waals surface area contributed by atoms with Gasteiger partial charge in [0.1, 0.15) is 11.2 Å². The average molecular weight is 1000 g/mol. The summed E-state index contributed by atoms with van der Waals surface area (Å²) in [6.45, 7) is 0. The Hall–Kier alpha value is -10.5. The fourth-order valence-electron chi connectivity index (χ4n) is 13.6. The van der Waals surface area contributed by atoms with Gasteiger partial charge >= 0.3 is 0 Å². The minimum absolute atomic E-state index is 0.867. The van der Waals surface area contributed by atoms with Crippen molar-refractivity contribution in [3.8, 4) is 55.9 Å². The van der Waals surface area contributed by atoms with Crippen LogP contribution in [0.15, 0.2) is 283 Å². The second-order valence-corrected chi connectivity index (χ2v) is 21.0. The van der Waals surface area contributed by atoms with Crippen LogP contribution < -0.4 is 0 Å². The molecule has 0 spiro atoms. The number of fused-ring (bicyclic) bond motifs is 13. The van der Waals surface area contributed by atoms with Crippen LogP contribution in [0.5, 0.6) is 0 Å². The van der Waals surface area contributed by atoms with E-state index in [0.29, 0.717) is 0 Å². The van der Waals surface area contributed by atoms with E-state index in [1.54, 1.807) is 0 Å². The third-order valence-electron chi connectivity index (χ3n) is 16.9. The Morgan fingerprint density at radius 1 is 0.215 bits per heavy atom. The summed E-state index contributed by atoms with van der Waals surface area (Å²) in [6.07, 6.45) is 0. The maximum atomic E-state index is 7.12. The number of hydrogen-bond acceptors (Lipinski definition) is 1. The second-order valence-electron chi connectivity index (χ2n) is 21.0. The summed E-state index contributed by atoms with van der Waals surface area (Å²) in [6, 6.07) is 102. The number of benzene rings is 14.